The summed E-state index contributed by atoms with van der Waals surface area (Å²) in [5.74, 6) is -1.83. The number of amides is 2. The lowest BCUT2D eigenvalue weighted by molar-refractivity contribution is -0.144. The monoisotopic (exact) mass is 353 g/mol. The standard InChI is InChI=1S/C18H31N3O4/c1-5-7-14(18(24)25)20-16(22)15-8-6-11-21(15)17(23)12(2)9-10-13(3)19-4/h9-10,12-15,19H,5-8,11H2,1-4H3,(H,20,22)(H,24,25)/b10-9+/t12-,13-,14?,15?/m0/s1. The van der Waals surface area contributed by atoms with Crippen LogP contribution in [0.5, 0.6) is 0 Å². The lowest BCUT2D eigenvalue weighted by atomic mass is 10.1. The molecule has 0 aliphatic carbocycles. The predicted molar refractivity (Wildman–Crippen MR) is 96.0 cm³/mol. The summed E-state index contributed by atoms with van der Waals surface area (Å²) >= 11 is 0. The molecule has 1 fully saturated rings. The molecular weight excluding hydrogens is 322 g/mol. The van der Waals surface area contributed by atoms with E-state index in [-0.39, 0.29) is 23.8 Å². The van der Waals surface area contributed by atoms with Crippen LogP contribution in [0, 0.1) is 5.92 Å². The topological polar surface area (TPSA) is 98.7 Å². The molecule has 142 valence electrons. The van der Waals surface area contributed by atoms with Crippen LogP contribution in [0.15, 0.2) is 12.2 Å². The molecule has 1 heterocycles. The zero-order valence-electron chi connectivity index (χ0n) is 15.6. The molecule has 1 saturated heterocycles. The number of hydrogen-bond acceptors (Lipinski definition) is 4. The third-order valence-electron chi connectivity index (χ3n) is 4.56. The Balaban J connectivity index is 2.74. The van der Waals surface area contributed by atoms with Crippen molar-refractivity contribution in [2.75, 3.05) is 13.6 Å². The first kappa shape index (κ1) is 21.2. The summed E-state index contributed by atoms with van der Waals surface area (Å²) in [7, 11) is 1.84. The number of carboxylic acids is 1. The van der Waals surface area contributed by atoms with E-state index in [1.807, 2.05) is 40.0 Å². The summed E-state index contributed by atoms with van der Waals surface area (Å²) in [6.07, 6.45) is 6.13. The minimum Gasteiger partial charge on any atom is -0.480 e. The number of nitrogens with zero attached hydrogens (tertiary/aromatic N) is 1. The van der Waals surface area contributed by atoms with E-state index in [1.54, 1.807) is 4.90 Å². The number of carboxylic acid groups (broad SMARTS) is 1. The molecule has 7 heteroatoms. The Morgan fingerprint density at radius 3 is 2.52 bits per heavy atom. The van der Waals surface area contributed by atoms with Crippen molar-refractivity contribution < 1.29 is 19.5 Å². The third-order valence-corrected chi connectivity index (χ3v) is 4.56. The Hall–Kier alpha value is -1.89. The second-order valence-corrected chi connectivity index (χ2v) is 6.63. The molecule has 0 saturated carbocycles. The molecule has 3 N–H and O–H groups in total. The number of aliphatic carboxylic acids is 1. The molecule has 2 amide bonds. The number of carbonyl (C=O) groups excluding carboxylic acids is 2. The van der Waals surface area contributed by atoms with E-state index in [0.29, 0.717) is 25.8 Å². The van der Waals surface area contributed by atoms with Gasteiger partial charge < -0.3 is 20.6 Å². The number of carbonyl (C=O) groups is 3. The van der Waals surface area contributed by atoms with Crippen molar-refractivity contribution in [3.63, 3.8) is 0 Å². The van der Waals surface area contributed by atoms with Crippen LogP contribution < -0.4 is 10.6 Å². The van der Waals surface area contributed by atoms with Crippen molar-refractivity contribution in [2.24, 2.45) is 5.92 Å². The zero-order valence-corrected chi connectivity index (χ0v) is 15.6. The van der Waals surface area contributed by atoms with Crippen LogP contribution in [0.1, 0.15) is 46.5 Å². The van der Waals surface area contributed by atoms with Crippen molar-refractivity contribution in [3.05, 3.63) is 12.2 Å². The van der Waals surface area contributed by atoms with Gasteiger partial charge in [0.05, 0.1) is 5.92 Å². The van der Waals surface area contributed by atoms with Gasteiger partial charge in [0, 0.05) is 12.6 Å². The van der Waals surface area contributed by atoms with Crippen molar-refractivity contribution in [2.45, 2.75) is 64.6 Å². The quantitative estimate of drug-likeness (QED) is 0.540. The lowest BCUT2D eigenvalue weighted by Crippen LogP contribution is -2.51. The van der Waals surface area contributed by atoms with E-state index < -0.39 is 18.1 Å². The smallest absolute Gasteiger partial charge is 0.326 e. The molecule has 0 bridgehead atoms. The maximum Gasteiger partial charge on any atom is 0.326 e. The number of likely N-dealkylation sites (N-methyl/N-ethyl adjacent to an activating group) is 1. The lowest BCUT2D eigenvalue weighted by Gasteiger charge is -2.27. The highest BCUT2D eigenvalue weighted by molar-refractivity contribution is 5.91. The van der Waals surface area contributed by atoms with E-state index in [2.05, 4.69) is 10.6 Å². The summed E-state index contributed by atoms with van der Waals surface area (Å²) < 4.78 is 0. The summed E-state index contributed by atoms with van der Waals surface area (Å²) in [6.45, 7) is 6.20. The Labute approximate surface area is 149 Å². The maximum absolute atomic E-state index is 12.7. The molecule has 2 unspecified atom stereocenters. The van der Waals surface area contributed by atoms with Crippen molar-refractivity contribution in [3.8, 4) is 0 Å². The minimum atomic E-state index is -1.04. The number of likely N-dealkylation sites (tertiary alicyclic amines) is 1. The molecule has 0 aromatic rings. The van der Waals surface area contributed by atoms with E-state index in [1.165, 1.54) is 0 Å². The highest BCUT2D eigenvalue weighted by Gasteiger charge is 2.36. The summed E-state index contributed by atoms with van der Waals surface area (Å²) in [4.78, 5) is 38.0. The van der Waals surface area contributed by atoms with Crippen molar-refractivity contribution in [1.82, 2.24) is 15.5 Å². The molecule has 0 aromatic heterocycles. The summed E-state index contributed by atoms with van der Waals surface area (Å²) in [6, 6.07) is -1.31. The van der Waals surface area contributed by atoms with E-state index in [4.69, 9.17) is 0 Å². The largest absolute Gasteiger partial charge is 0.480 e. The zero-order chi connectivity index (χ0) is 19.0. The highest BCUT2D eigenvalue weighted by atomic mass is 16.4. The van der Waals surface area contributed by atoms with Gasteiger partial charge >= 0.3 is 5.97 Å². The molecule has 1 aliphatic heterocycles. The number of rotatable bonds is 9. The fourth-order valence-corrected chi connectivity index (χ4v) is 2.89. The van der Waals surface area contributed by atoms with Crippen LogP contribution in [0.3, 0.4) is 0 Å². The van der Waals surface area contributed by atoms with Gasteiger partial charge in [-0.1, -0.05) is 32.4 Å². The SMILES string of the molecule is CCCC(NC(=O)C1CCCN1C(=O)[C@@H](C)/C=C/[C@H](C)NC)C(=O)O. The fourth-order valence-electron chi connectivity index (χ4n) is 2.89. The van der Waals surface area contributed by atoms with Gasteiger partial charge in [-0.2, -0.15) is 0 Å². The summed E-state index contributed by atoms with van der Waals surface area (Å²) in [5, 5.41) is 14.8. The maximum atomic E-state index is 12.7. The van der Waals surface area contributed by atoms with E-state index >= 15 is 0 Å². The van der Waals surface area contributed by atoms with Gasteiger partial charge in [0.15, 0.2) is 0 Å². The van der Waals surface area contributed by atoms with Crippen LogP contribution in [-0.4, -0.2) is 59.5 Å². The van der Waals surface area contributed by atoms with Crippen LogP contribution in [0.2, 0.25) is 0 Å². The van der Waals surface area contributed by atoms with Crippen LogP contribution in [-0.2, 0) is 14.4 Å². The van der Waals surface area contributed by atoms with Gasteiger partial charge in [-0.15, -0.1) is 0 Å². The van der Waals surface area contributed by atoms with Crippen LogP contribution in [0.25, 0.3) is 0 Å². The van der Waals surface area contributed by atoms with Gasteiger partial charge in [0.1, 0.15) is 12.1 Å². The van der Waals surface area contributed by atoms with Gasteiger partial charge in [-0.05, 0) is 33.2 Å². The number of hydrogen-bond donors (Lipinski definition) is 3. The Kier molecular flexibility index (Phi) is 8.61. The highest BCUT2D eigenvalue weighted by Crippen LogP contribution is 2.21. The summed E-state index contributed by atoms with van der Waals surface area (Å²) in [5.41, 5.74) is 0. The molecule has 0 aromatic carbocycles. The van der Waals surface area contributed by atoms with Crippen molar-refractivity contribution >= 4 is 17.8 Å². The number of nitrogens with one attached hydrogen (secondary N) is 2. The van der Waals surface area contributed by atoms with Gasteiger partial charge in [-0.3, -0.25) is 9.59 Å². The second kappa shape index (κ2) is 10.2. The molecule has 1 aliphatic rings. The van der Waals surface area contributed by atoms with Crippen LogP contribution >= 0.6 is 0 Å². The van der Waals surface area contributed by atoms with Crippen molar-refractivity contribution in [1.29, 1.82) is 0 Å². The van der Waals surface area contributed by atoms with E-state index in [0.717, 1.165) is 6.42 Å². The van der Waals surface area contributed by atoms with Gasteiger partial charge in [0.2, 0.25) is 11.8 Å². The second-order valence-electron chi connectivity index (χ2n) is 6.63. The molecule has 4 atom stereocenters. The Morgan fingerprint density at radius 2 is 1.96 bits per heavy atom. The molecule has 0 spiro atoms. The Bertz CT molecular complexity index is 507. The van der Waals surface area contributed by atoms with Gasteiger partial charge in [0.25, 0.3) is 0 Å². The third kappa shape index (κ3) is 6.16. The first-order valence-electron chi connectivity index (χ1n) is 9.01. The fraction of sp³-hybridized carbons (Fsp3) is 0.722. The normalized spacial score (nSPS) is 21.1. The molecule has 1 rings (SSSR count). The van der Waals surface area contributed by atoms with E-state index in [9.17, 15) is 19.5 Å². The molecule has 0 radical (unpaired) electrons. The molecule has 25 heavy (non-hydrogen) atoms. The average Bonchev–Trinajstić information content (AvgIpc) is 3.07. The first-order chi connectivity index (χ1) is 11.8. The predicted octanol–water partition coefficient (Wildman–Crippen LogP) is 1.15. The first-order valence-corrected chi connectivity index (χ1v) is 9.01. The molecular formula is C18H31N3O4. The average molecular weight is 353 g/mol. The minimum absolute atomic E-state index is 0.0976. The van der Waals surface area contributed by atoms with Gasteiger partial charge in [-0.25, -0.2) is 4.79 Å². The molecule has 7 nitrogen and oxygen atoms in total. The Morgan fingerprint density at radius 1 is 1.28 bits per heavy atom. The van der Waals surface area contributed by atoms with Crippen LogP contribution in [0.4, 0.5) is 0 Å².